The summed E-state index contributed by atoms with van der Waals surface area (Å²) >= 11 is 0. The molecule has 1 amide bonds. The van der Waals surface area contributed by atoms with Gasteiger partial charge in [0.1, 0.15) is 0 Å². The van der Waals surface area contributed by atoms with Crippen molar-refractivity contribution < 1.29 is 19.8 Å². The number of carboxylic acids is 1. The molecule has 0 aromatic heterocycles. The van der Waals surface area contributed by atoms with E-state index < -0.39 is 23.9 Å². The van der Waals surface area contributed by atoms with Crippen LogP contribution in [0.15, 0.2) is 0 Å². The molecule has 1 aliphatic carbocycles. The zero-order valence-corrected chi connectivity index (χ0v) is 10.3. The Bertz CT molecular complexity index is 290. The molecule has 1 aliphatic rings. The van der Waals surface area contributed by atoms with E-state index in [1.807, 2.05) is 13.8 Å². The molecular formula is C12H21NO4. The number of nitrogens with one attached hydrogen (secondary N) is 1. The third-order valence-electron chi connectivity index (χ3n) is 3.42. The monoisotopic (exact) mass is 243 g/mol. The fraction of sp³-hybridized carbons (Fsp3) is 0.833. The number of carbonyl (C=O) groups is 2. The molecule has 3 atom stereocenters. The minimum Gasteiger partial charge on any atom is -0.481 e. The first-order valence-electron chi connectivity index (χ1n) is 6.12. The van der Waals surface area contributed by atoms with Gasteiger partial charge >= 0.3 is 5.97 Å². The van der Waals surface area contributed by atoms with E-state index in [4.69, 9.17) is 5.11 Å². The number of aliphatic hydroxyl groups excluding tert-OH is 1. The first-order chi connectivity index (χ1) is 7.93. The summed E-state index contributed by atoms with van der Waals surface area (Å²) in [5.74, 6) is -2.06. The number of amides is 1. The molecular weight excluding hydrogens is 222 g/mol. The Morgan fingerprint density at radius 3 is 2.41 bits per heavy atom. The van der Waals surface area contributed by atoms with Gasteiger partial charge in [0.25, 0.3) is 0 Å². The molecule has 0 bridgehead atoms. The number of hydrogen-bond acceptors (Lipinski definition) is 3. The van der Waals surface area contributed by atoms with Gasteiger partial charge in [0.2, 0.25) is 5.91 Å². The van der Waals surface area contributed by atoms with Crippen molar-refractivity contribution in [1.29, 1.82) is 0 Å². The second-order valence-electron chi connectivity index (χ2n) is 5.04. The van der Waals surface area contributed by atoms with Gasteiger partial charge in [-0.2, -0.15) is 0 Å². The number of aliphatic hydroxyl groups is 1. The second kappa shape index (κ2) is 6.00. The number of carbonyl (C=O) groups excluding carboxylic acids is 1. The van der Waals surface area contributed by atoms with Gasteiger partial charge in [-0.1, -0.05) is 20.3 Å². The lowest BCUT2D eigenvalue weighted by molar-refractivity contribution is -0.146. The zero-order chi connectivity index (χ0) is 13.0. The van der Waals surface area contributed by atoms with Crippen LogP contribution in [-0.4, -0.2) is 34.7 Å². The van der Waals surface area contributed by atoms with Crippen LogP contribution in [0.2, 0.25) is 0 Å². The van der Waals surface area contributed by atoms with Gasteiger partial charge in [0.15, 0.2) is 0 Å². The quantitative estimate of drug-likeness (QED) is 0.660. The zero-order valence-electron chi connectivity index (χ0n) is 10.3. The maximum absolute atomic E-state index is 11.8. The molecule has 0 spiro atoms. The highest BCUT2D eigenvalue weighted by atomic mass is 16.4. The molecule has 0 aliphatic heterocycles. The van der Waals surface area contributed by atoms with Crippen molar-refractivity contribution >= 4 is 11.9 Å². The van der Waals surface area contributed by atoms with Crippen LogP contribution in [0, 0.1) is 17.8 Å². The van der Waals surface area contributed by atoms with Crippen LogP contribution in [-0.2, 0) is 9.59 Å². The van der Waals surface area contributed by atoms with E-state index in [9.17, 15) is 14.7 Å². The first kappa shape index (κ1) is 14.0. The fourth-order valence-electron chi connectivity index (χ4n) is 2.14. The van der Waals surface area contributed by atoms with Crippen LogP contribution in [0.1, 0.15) is 33.1 Å². The molecule has 1 saturated carbocycles. The van der Waals surface area contributed by atoms with Crippen molar-refractivity contribution in [2.45, 2.75) is 39.2 Å². The molecule has 3 N–H and O–H groups in total. The van der Waals surface area contributed by atoms with Crippen LogP contribution in [0.4, 0.5) is 0 Å². The number of hydrogen-bond donors (Lipinski definition) is 3. The van der Waals surface area contributed by atoms with E-state index >= 15 is 0 Å². The summed E-state index contributed by atoms with van der Waals surface area (Å²) in [7, 11) is 0. The molecule has 0 radical (unpaired) electrons. The standard InChI is InChI=1S/C12H21NO4/c1-7(2)10(14)6-13-11(15)8-4-3-5-9(8)12(16)17/h7-10,14H,3-6H2,1-2H3,(H,13,15)(H,16,17)/t8-,9+,10?/m1/s1. The molecule has 5 heteroatoms. The smallest absolute Gasteiger partial charge is 0.307 e. The Morgan fingerprint density at radius 1 is 1.29 bits per heavy atom. The van der Waals surface area contributed by atoms with E-state index in [0.717, 1.165) is 6.42 Å². The van der Waals surface area contributed by atoms with Gasteiger partial charge in [0.05, 0.1) is 17.9 Å². The highest BCUT2D eigenvalue weighted by Crippen LogP contribution is 2.31. The summed E-state index contributed by atoms with van der Waals surface area (Å²) in [5.41, 5.74) is 0. The average Bonchev–Trinajstić information content (AvgIpc) is 2.73. The molecule has 17 heavy (non-hydrogen) atoms. The van der Waals surface area contributed by atoms with Crippen molar-refractivity contribution in [3.63, 3.8) is 0 Å². The topological polar surface area (TPSA) is 86.6 Å². The molecule has 1 rings (SSSR count). The maximum atomic E-state index is 11.8. The van der Waals surface area contributed by atoms with Crippen molar-refractivity contribution in [3.8, 4) is 0 Å². The lowest BCUT2D eigenvalue weighted by Gasteiger charge is -2.19. The molecule has 98 valence electrons. The van der Waals surface area contributed by atoms with Crippen LogP contribution in [0.5, 0.6) is 0 Å². The Balaban J connectivity index is 2.44. The van der Waals surface area contributed by atoms with Gasteiger partial charge in [-0.15, -0.1) is 0 Å². The predicted molar refractivity (Wildman–Crippen MR) is 62.3 cm³/mol. The molecule has 0 aromatic rings. The van der Waals surface area contributed by atoms with Gasteiger partial charge in [-0.05, 0) is 18.8 Å². The summed E-state index contributed by atoms with van der Waals surface area (Å²) in [5, 5.41) is 21.2. The van der Waals surface area contributed by atoms with Crippen molar-refractivity contribution in [2.75, 3.05) is 6.54 Å². The van der Waals surface area contributed by atoms with E-state index in [0.29, 0.717) is 12.8 Å². The Kier molecular flexibility index (Phi) is 4.93. The first-order valence-corrected chi connectivity index (χ1v) is 6.12. The Labute approximate surface area is 101 Å². The largest absolute Gasteiger partial charge is 0.481 e. The number of rotatable bonds is 5. The van der Waals surface area contributed by atoms with Gasteiger partial charge in [-0.25, -0.2) is 0 Å². The minimum atomic E-state index is -0.896. The SMILES string of the molecule is CC(C)C(O)CNC(=O)[C@@H]1CCC[C@@H]1C(=O)O. The normalized spacial score (nSPS) is 25.9. The Morgan fingerprint density at radius 2 is 1.88 bits per heavy atom. The van der Waals surface area contributed by atoms with Crippen LogP contribution < -0.4 is 5.32 Å². The van der Waals surface area contributed by atoms with E-state index in [1.165, 1.54) is 0 Å². The van der Waals surface area contributed by atoms with Gasteiger partial charge in [-0.3, -0.25) is 9.59 Å². The highest BCUT2D eigenvalue weighted by Gasteiger charge is 2.37. The summed E-state index contributed by atoms with van der Waals surface area (Å²) in [6.07, 6.45) is 1.39. The summed E-state index contributed by atoms with van der Waals surface area (Å²) in [6, 6.07) is 0. The number of carboxylic acid groups (broad SMARTS) is 1. The summed E-state index contributed by atoms with van der Waals surface area (Å²) in [4.78, 5) is 22.7. The lowest BCUT2D eigenvalue weighted by atomic mass is 9.95. The fourth-order valence-corrected chi connectivity index (χ4v) is 2.14. The third-order valence-corrected chi connectivity index (χ3v) is 3.42. The molecule has 0 saturated heterocycles. The van der Waals surface area contributed by atoms with Gasteiger partial charge in [0, 0.05) is 6.54 Å². The predicted octanol–water partition coefficient (Wildman–Crippen LogP) is 0.620. The van der Waals surface area contributed by atoms with Crippen molar-refractivity contribution in [3.05, 3.63) is 0 Å². The second-order valence-corrected chi connectivity index (χ2v) is 5.04. The molecule has 5 nitrogen and oxygen atoms in total. The summed E-state index contributed by atoms with van der Waals surface area (Å²) < 4.78 is 0. The Hall–Kier alpha value is -1.10. The lowest BCUT2D eigenvalue weighted by Crippen LogP contribution is -2.40. The molecule has 1 fully saturated rings. The van der Waals surface area contributed by atoms with Crippen molar-refractivity contribution in [1.82, 2.24) is 5.32 Å². The number of aliphatic carboxylic acids is 1. The van der Waals surface area contributed by atoms with E-state index in [2.05, 4.69) is 5.32 Å². The van der Waals surface area contributed by atoms with Gasteiger partial charge < -0.3 is 15.5 Å². The van der Waals surface area contributed by atoms with E-state index in [1.54, 1.807) is 0 Å². The van der Waals surface area contributed by atoms with Crippen LogP contribution >= 0.6 is 0 Å². The van der Waals surface area contributed by atoms with Crippen LogP contribution in [0.3, 0.4) is 0 Å². The maximum Gasteiger partial charge on any atom is 0.307 e. The molecule has 0 heterocycles. The minimum absolute atomic E-state index is 0.0779. The highest BCUT2D eigenvalue weighted by molar-refractivity contribution is 5.85. The van der Waals surface area contributed by atoms with Crippen LogP contribution in [0.25, 0.3) is 0 Å². The molecule has 0 aromatic carbocycles. The average molecular weight is 243 g/mol. The van der Waals surface area contributed by atoms with Crippen molar-refractivity contribution in [2.24, 2.45) is 17.8 Å². The third kappa shape index (κ3) is 3.70. The van der Waals surface area contributed by atoms with E-state index in [-0.39, 0.29) is 18.4 Å². The molecule has 1 unspecified atom stereocenters. The summed E-state index contributed by atoms with van der Waals surface area (Å²) in [6.45, 7) is 3.93.